The molecule has 2 atom stereocenters. The fraction of sp³-hybridized carbons (Fsp3) is 0.375. The van der Waals surface area contributed by atoms with Crippen molar-refractivity contribution in [2.24, 2.45) is 5.92 Å². The van der Waals surface area contributed by atoms with Crippen molar-refractivity contribution in [2.45, 2.75) is 6.04 Å². The zero-order chi connectivity index (χ0) is 7.68. The third-order valence-electron chi connectivity index (χ3n) is 1.99. The van der Waals surface area contributed by atoms with Crippen LogP contribution in [-0.4, -0.2) is 18.4 Å². The highest BCUT2D eigenvalue weighted by molar-refractivity contribution is 5.93. The molecule has 0 aromatic heterocycles. The topological polar surface area (TPSA) is 38.3 Å². The summed E-state index contributed by atoms with van der Waals surface area (Å²) in [5, 5.41) is 3.08. The molecular weight excluding hydrogens is 142 g/mol. The SMILES string of the molecule is O=C1C=CNC2C=COCC12. The van der Waals surface area contributed by atoms with E-state index in [0.717, 1.165) is 0 Å². The minimum Gasteiger partial charge on any atom is -0.501 e. The first-order valence-corrected chi connectivity index (χ1v) is 3.62. The molecule has 0 saturated carbocycles. The molecule has 2 rings (SSSR count). The highest BCUT2D eigenvalue weighted by atomic mass is 16.5. The Morgan fingerprint density at radius 2 is 2.55 bits per heavy atom. The van der Waals surface area contributed by atoms with E-state index in [1.165, 1.54) is 0 Å². The molecule has 0 saturated heterocycles. The van der Waals surface area contributed by atoms with E-state index < -0.39 is 0 Å². The lowest BCUT2D eigenvalue weighted by Crippen LogP contribution is -2.43. The third-order valence-corrected chi connectivity index (χ3v) is 1.99. The molecule has 2 unspecified atom stereocenters. The van der Waals surface area contributed by atoms with Gasteiger partial charge in [0.2, 0.25) is 0 Å². The van der Waals surface area contributed by atoms with Crippen molar-refractivity contribution in [1.82, 2.24) is 5.32 Å². The van der Waals surface area contributed by atoms with Crippen LogP contribution < -0.4 is 5.32 Å². The van der Waals surface area contributed by atoms with Crippen LogP contribution in [0.15, 0.2) is 24.6 Å². The molecule has 3 heteroatoms. The molecule has 1 N–H and O–H groups in total. The minimum absolute atomic E-state index is 0.0231. The van der Waals surface area contributed by atoms with Gasteiger partial charge >= 0.3 is 0 Å². The Kier molecular flexibility index (Phi) is 1.42. The van der Waals surface area contributed by atoms with Gasteiger partial charge in [-0.2, -0.15) is 0 Å². The maximum Gasteiger partial charge on any atom is 0.166 e. The lowest BCUT2D eigenvalue weighted by Gasteiger charge is -2.28. The fourth-order valence-electron chi connectivity index (χ4n) is 1.33. The fourth-order valence-corrected chi connectivity index (χ4v) is 1.33. The van der Waals surface area contributed by atoms with Crippen molar-refractivity contribution >= 4 is 5.78 Å². The van der Waals surface area contributed by atoms with Crippen molar-refractivity contribution in [3.05, 3.63) is 24.6 Å². The minimum atomic E-state index is -0.0231. The molecule has 2 aliphatic heterocycles. The standard InChI is InChI=1S/C8H9NO2/c10-8-1-3-9-7-2-4-11-5-6(7)8/h1-4,6-7,9H,5H2. The Balaban J connectivity index is 2.24. The van der Waals surface area contributed by atoms with E-state index >= 15 is 0 Å². The van der Waals surface area contributed by atoms with Crippen LogP contribution in [0.2, 0.25) is 0 Å². The van der Waals surface area contributed by atoms with E-state index in [1.54, 1.807) is 18.5 Å². The molecule has 0 spiro atoms. The third kappa shape index (κ3) is 1.02. The van der Waals surface area contributed by atoms with Gasteiger partial charge in [0.25, 0.3) is 0 Å². The Labute approximate surface area is 64.7 Å². The van der Waals surface area contributed by atoms with E-state index in [9.17, 15) is 4.79 Å². The number of ether oxygens (including phenoxy) is 1. The van der Waals surface area contributed by atoms with Gasteiger partial charge in [-0.3, -0.25) is 4.79 Å². The first-order chi connectivity index (χ1) is 5.38. The number of fused-ring (bicyclic) bond motifs is 1. The van der Waals surface area contributed by atoms with Crippen LogP contribution in [0.1, 0.15) is 0 Å². The molecule has 0 aromatic rings. The van der Waals surface area contributed by atoms with Crippen molar-refractivity contribution in [3.8, 4) is 0 Å². The first kappa shape index (κ1) is 6.46. The Morgan fingerprint density at radius 3 is 3.36 bits per heavy atom. The Hall–Kier alpha value is -1.25. The summed E-state index contributed by atoms with van der Waals surface area (Å²) in [5.74, 6) is 0.128. The van der Waals surface area contributed by atoms with E-state index in [1.807, 2.05) is 6.08 Å². The monoisotopic (exact) mass is 151 g/mol. The first-order valence-electron chi connectivity index (χ1n) is 3.62. The van der Waals surface area contributed by atoms with Crippen LogP contribution in [0, 0.1) is 5.92 Å². The zero-order valence-corrected chi connectivity index (χ0v) is 5.99. The summed E-state index contributed by atoms with van der Waals surface area (Å²) in [6.07, 6.45) is 6.76. The van der Waals surface area contributed by atoms with Crippen LogP contribution in [0.3, 0.4) is 0 Å². The van der Waals surface area contributed by atoms with Crippen LogP contribution in [0.5, 0.6) is 0 Å². The van der Waals surface area contributed by atoms with Crippen molar-refractivity contribution < 1.29 is 9.53 Å². The molecule has 0 fully saturated rings. The van der Waals surface area contributed by atoms with E-state index in [4.69, 9.17) is 4.74 Å². The highest BCUT2D eigenvalue weighted by Gasteiger charge is 2.29. The summed E-state index contributed by atoms with van der Waals surface area (Å²) in [7, 11) is 0. The molecule has 0 amide bonds. The summed E-state index contributed by atoms with van der Waals surface area (Å²) < 4.78 is 5.03. The molecule has 0 aliphatic carbocycles. The van der Waals surface area contributed by atoms with E-state index in [0.29, 0.717) is 6.61 Å². The molecule has 2 aliphatic rings. The van der Waals surface area contributed by atoms with Crippen molar-refractivity contribution in [2.75, 3.05) is 6.61 Å². The van der Waals surface area contributed by atoms with Gasteiger partial charge in [-0.1, -0.05) is 0 Å². The smallest absolute Gasteiger partial charge is 0.166 e. The summed E-state index contributed by atoms with van der Waals surface area (Å²) in [6.45, 7) is 0.497. The second-order valence-corrected chi connectivity index (χ2v) is 2.70. The number of hydrogen-bond donors (Lipinski definition) is 1. The second kappa shape index (κ2) is 2.42. The van der Waals surface area contributed by atoms with Gasteiger partial charge in [-0.05, 0) is 12.2 Å². The normalized spacial score (nSPS) is 34.0. The van der Waals surface area contributed by atoms with Gasteiger partial charge in [0.15, 0.2) is 5.78 Å². The maximum atomic E-state index is 11.2. The van der Waals surface area contributed by atoms with Gasteiger partial charge < -0.3 is 10.1 Å². The molecule has 58 valence electrons. The Bertz CT molecular complexity index is 232. The second-order valence-electron chi connectivity index (χ2n) is 2.70. The number of carbonyl (C=O) groups excluding carboxylic acids is 1. The van der Waals surface area contributed by atoms with Crippen LogP contribution >= 0.6 is 0 Å². The highest BCUT2D eigenvalue weighted by Crippen LogP contribution is 2.16. The molecule has 0 bridgehead atoms. The summed E-state index contributed by atoms with van der Waals surface area (Å²) in [5.41, 5.74) is 0. The lowest BCUT2D eigenvalue weighted by molar-refractivity contribution is -0.120. The predicted molar refractivity (Wildman–Crippen MR) is 39.7 cm³/mol. The molecule has 3 nitrogen and oxygen atoms in total. The van der Waals surface area contributed by atoms with Crippen LogP contribution in [0.4, 0.5) is 0 Å². The van der Waals surface area contributed by atoms with Gasteiger partial charge in [0.1, 0.15) is 0 Å². The molecule has 0 aromatic carbocycles. The van der Waals surface area contributed by atoms with Gasteiger partial charge in [-0.25, -0.2) is 0 Å². The number of hydrogen-bond acceptors (Lipinski definition) is 3. The number of ketones is 1. The van der Waals surface area contributed by atoms with Crippen molar-refractivity contribution in [3.63, 3.8) is 0 Å². The lowest BCUT2D eigenvalue weighted by atomic mass is 9.92. The quantitative estimate of drug-likeness (QED) is 0.537. The number of allylic oxidation sites excluding steroid dienone is 1. The predicted octanol–water partition coefficient (Wildman–Crippen LogP) is 0.201. The van der Waals surface area contributed by atoms with Gasteiger partial charge in [-0.15, -0.1) is 0 Å². The molecule has 0 radical (unpaired) electrons. The number of carbonyl (C=O) groups is 1. The number of rotatable bonds is 0. The van der Waals surface area contributed by atoms with E-state index in [-0.39, 0.29) is 17.7 Å². The number of nitrogens with one attached hydrogen (secondary N) is 1. The molecule has 2 heterocycles. The Morgan fingerprint density at radius 1 is 1.64 bits per heavy atom. The van der Waals surface area contributed by atoms with Gasteiger partial charge in [0, 0.05) is 6.20 Å². The van der Waals surface area contributed by atoms with Gasteiger partial charge in [0.05, 0.1) is 24.8 Å². The molecule has 11 heavy (non-hydrogen) atoms. The van der Waals surface area contributed by atoms with Crippen LogP contribution in [-0.2, 0) is 9.53 Å². The van der Waals surface area contributed by atoms with Crippen LogP contribution in [0.25, 0.3) is 0 Å². The zero-order valence-electron chi connectivity index (χ0n) is 5.99. The average molecular weight is 151 g/mol. The summed E-state index contributed by atoms with van der Waals surface area (Å²) in [6, 6.07) is 0.140. The largest absolute Gasteiger partial charge is 0.501 e. The van der Waals surface area contributed by atoms with E-state index in [2.05, 4.69) is 5.32 Å². The summed E-state index contributed by atoms with van der Waals surface area (Å²) in [4.78, 5) is 11.2. The average Bonchev–Trinajstić information content (AvgIpc) is 2.06. The maximum absolute atomic E-state index is 11.2. The summed E-state index contributed by atoms with van der Waals surface area (Å²) >= 11 is 0. The molecular formula is C8H9NO2. The van der Waals surface area contributed by atoms with Crippen molar-refractivity contribution in [1.29, 1.82) is 0 Å².